The highest BCUT2D eigenvalue weighted by atomic mass is 16.5. The fourth-order valence-electron chi connectivity index (χ4n) is 1.79. The molecule has 0 radical (unpaired) electrons. The zero-order valence-electron chi connectivity index (χ0n) is 11.6. The van der Waals surface area contributed by atoms with Crippen molar-refractivity contribution >= 4 is 5.97 Å². The van der Waals surface area contributed by atoms with Gasteiger partial charge in [0.05, 0.1) is 20.8 Å². The molecule has 0 bridgehead atoms. The van der Waals surface area contributed by atoms with Gasteiger partial charge >= 0.3 is 5.97 Å². The molecule has 106 valence electrons. The number of furan rings is 1. The van der Waals surface area contributed by atoms with Crippen molar-refractivity contribution in [2.75, 3.05) is 20.8 Å². The molecular weight excluding hydrogens is 260 g/mol. The summed E-state index contributed by atoms with van der Waals surface area (Å²) in [4.78, 5) is 11.6. The highest BCUT2D eigenvalue weighted by Gasteiger charge is 2.14. The van der Waals surface area contributed by atoms with Crippen LogP contribution in [0.2, 0.25) is 0 Å². The smallest absolute Gasteiger partial charge is 0.374 e. The maximum atomic E-state index is 11.6. The van der Waals surface area contributed by atoms with Gasteiger partial charge < -0.3 is 18.6 Å². The number of carbonyl (C=O) groups excluding carboxylic acids is 1. The van der Waals surface area contributed by atoms with Crippen molar-refractivity contribution < 1.29 is 23.4 Å². The van der Waals surface area contributed by atoms with E-state index in [9.17, 15) is 4.79 Å². The van der Waals surface area contributed by atoms with Crippen LogP contribution < -0.4 is 9.47 Å². The Morgan fingerprint density at radius 2 is 1.85 bits per heavy atom. The molecule has 0 unspecified atom stereocenters. The molecule has 0 aliphatic heterocycles. The van der Waals surface area contributed by atoms with E-state index < -0.39 is 5.97 Å². The highest BCUT2D eigenvalue weighted by Crippen LogP contribution is 2.33. The Labute approximate surface area is 117 Å². The average Bonchev–Trinajstić information content (AvgIpc) is 2.96. The van der Waals surface area contributed by atoms with Gasteiger partial charge in [0.2, 0.25) is 5.76 Å². The lowest BCUT2D eigenvalue weighted by Gasteiger charge is -2.08. The fraction of sp³-hybridized carbons (Fsp3) is 0.267. The minimum Gasteiger partial charge on any atom is -0.493 e. The SMILES string of the molecule is CCOC(=O)c1ccc(-c2ccc(OC)c(OC)c2)o1. The molecule has 2 rings (SSSR count). The monoisotopic (exact) mass is 276 g/mol. The number of methoxy groups -OCH3 is 2. The van der Waals surface area contributed by atoms with Crippen LogP contribution in [0.15, 0.2) is 34.7 Å². The maximum Gasteiger partial charge on any atom is 0.374 e. The van der Waals surface area contributed by atoms with Crippen LogP contribution in [0.5, 0.6) is 11.5 Å². The van der Waals surface area contributed by atoms with Crippen molar-refractivity contribution in [2.24, 2.45) is 0 Å². The third-order valence-corrected chi connectivity index (χ3v) is 2.75. The third-order valence-electron chi connectivity index (χ3n) is 2.75. The quantitative estimate of drug-likeness (QED) is 0.785. The van der Waals surface area contributed by atoms with E-state index in [4.69, 9.17) is 18.6 Å². The lowest BCUT2D eigenvalue weighted by molar-refractivity contribution is 0.0491. The Bertz CT molecular complexity index is 600. The molecule has 0 fully saturated rings. The Hall–Kier alpha value is -2.43. The average molecular weight is 276 g/mol. The van der Waals surface area contributed by atoms with Crippen molar-refractivity contribution in [2.45, 2.75) is 6.92 Å². The van der Waals surface area contributed by atoms with E-state index in [2.05, 4.69) is 0 Å². The van der Waals surface area contributed by atoms with Gasteiger partial charge in [0.15, 0.2) is 11.5 Å². The lowest BCUT2D eigenvalue weighted by Crippen LogP contribution is -2.02. The molecule has 5 nitrogen and oxygen atoms in total. The summed E-state index contributed by atoms with van der Waals surface area (Å²) >= 11 is 0. The van der Waals surface area contributed by atoms with Gasteiger partial charge in [0, 0.05) is 5.56 Å². The van der Waals surface area contributed by atoms with Crippen molar-refractivity contribution in [3.8, 4) is 22.8 Å². The number of hydrogen-bond acceptors (Lipinski definition) is 5. The summed E-state index contributed by atoms with van der Waals surface area (Å²) < 4.78 is 20.8. The maximum absolute atomic E-state index is 11.6. The first-order valence-corrected chi connectivity index (χ1v) is 6.19. The molecule has 0 atom stereocenters. The molecule has 0 aliphatic rings. The van der Waals surface area contributed by atoms with Crippen LogP contribution in [0.3, 0.4) is 0 Å². The van der Waals surface area contributed by atoms with Crippen molar-refractivity contribution in [1.82, 2.24) is 0 Å². The van der Waals surface area contributed by atoms with E-state index >= 15 is 0 Å². The number of carbonyl (C=O) groups is 1. The minimum absolute atomic E-state index is 0.177. The normalized spacial score (nSPS) is 10.2. The summed E-state index contributed by atoms with van der Waals surface area (Å²) in [6.45, 7) is 2.06. The van der Waals surface area contributed by atoms with Crippen LogP contribution in [0.1, 0.15) is 17.5 Å². The first kappa shape index (κ1) is 14.0. The van der Waals surface area contributed by atoms with E-state index in [0.717, 1.165) is 5.56 Å². The van der Waals surface area contributed by atoms with Gasteiger partial charge in [-0.1, -0.05) is 0 Å². The summed E-state index contributed by atoms with van der Waals surface area (Å²) in [5.74, 6) is 1.50. The molecule has 2 aromatic rings. The van der Waals surface area contributed by atoms with Crippen molar-refractivity contribution in [1.29, 1.82) is 0 Å². The van der Waals surface area contributed by atoms with Crippen LogP contribution in [-0.4, -0.2) is 26.8 Å². The Morgan fingerprint density at radius 1 is 1.10 bits per heavy atom. The van der Waals surface area contributed by atoms with Gasteiger partial charge in [-0.05, 0) is 37.3 Å². The molecule has 0 spiro atoms. The van der Waals surface area contributed by atoms with Gasteiger partial charge in [0.1, 0.15) is 5.76 Å². The summed E-state index contributed by atoms with van der Waals surface area (Å²) in [7, 11) is 3.14. The second-order valence-corrected chi connectivity index (χ2v) is 3.95. The topological polar surface area (TPSA) is 57.9 Å². The van der Waals surface area contributed by atoms with Crippen LogP contribution in [-0.2, 0) is 4.74 Å². The fourth-order valence-corrected chi connectivity index (χ4v) is 1.79. The molecule has 5 heteroatoms. The summed E-state index contributed by atoms with van der Waals surface area (Å²) in [6, 6.07) is 8.69. The summed E-state index contributed by atoms with van der Waals surface area (Å²) in [5.41, 5.74) is 0.790. The minimum atomic E-state index is -0.473. The van der Waals surface area contributed by atoms with Gasteiger partial charge in [-0.2, -0.15) is 0 Å². The number of ether oxygens (including phenoxy) is 3. The van der Waals surface area contributed by atoms with E-state index in [1.165, 1.54) is 0 Å². The van der Waals surface area contributed by atoms with E-state index in [1.54, 1.807) is 45.4 Å². The van der Waals surface area contributed by atoms with Crippen molar-refractivity contribution in [3.63, 3.8) is 0 Å². The Balaban J connectivity index is 2.30. The molecule has 1 heterocycles. The number of benzene rings is 1. The molecule has 0 saturated carbocycles. The molecule has 0 saturated heterocycles. The van der Waals surface area contributed by atoms with Crippen LogP contribution in [0.25, 0.3) is 11.3 Å². The van der Waals surface area contributed by atoms with Crippen LogP contribution in [0, 0.1) is 0 Å². The molecule has 0 N–H and O–H groups in total. The molecule has 1 aromatic carbocycles. The van der Waals surface area contributed by atoms with Crippen LogP contribution >= 0.6 is 0 Å². The predicted octanol–water partition coefficient (Wildman–Crippen LogP) is 3.14. The Kier molecular flexibility index (Phi) is 4.30. The van der Waals surface area contributed by atoms with Gasteiger partial charge in [0.25, 0.3) is 0 Å². The van der Waals surface area contributed by atoms with Gasteiger partial charge in [-0.25, -0.2) is 4.79 Å². The van der Waals surface area contributed by atoms with E-state index in [0.29, 0.717) is 23.9 Å². The number of rotatable bonds is 5. The summed E-state index contributed by atoms with van der Waals surface area (Å²) in [6.07, 6.45) is 0. The number of esters is 1. The standard InChI is InChI=1S/C15H16O5/c1-4-19-15(16)13-8-7-11(20-13)10-5-6-12(17-2)14(9-10)18-3/h5-9H,4H2,1-3H3. The molecule has 0 aliphatic carbocycles. The molecular formula is C15H16O5. The zero-order valence-corrected chi connectivity index (χ0v) is 11.6. The second-order valence-electron chi connectivity index (χ2n) is 3.95. The first-order chi connectivity index (χ1) is 9.69. The summed E-state index contributed by atoms with van der Waals surface area (Å²) in [5, 5.41) is 0. The lowest BCUT2D eigenvalue weighted by atomic mass is 10.1. The van der Waals surface area contributed by atoms with E-state index in [-0.39, 0.29) is 5.76 Å². The second kappa shape index (κ2) is 6.14. The first-order valence-electron chi connectivity index (χ1n) is 6.19. The third kappa shape index (κ3) is 2.77. The van der Waals surface area contributed by atoms with E-state index in [1.807, 2.05) is 6.07 Å². The van der Waals surface area contributed by atoms with Crippen LogP contribution in [0.4, 0.5) is 0 Å². The highest BCUT2D eigenvalue weighted by molar-refractivity contribution is 5.87. The largest absolute Gasteiger partial charge is 0.493 e. The zero-order chi connectivity index (χ0) is 14.5. The molecule has 0 amide bonds. The van der Waals surface area contributed by atoms with Gasteiger partial charge in [-0.3, -0.25) is 0 Å². The predicted molar refractivity (Wildman–Crippen MR) is 73.2 cm³/mol. The molecule has 20 heavy (non-hydrogen) atoms. The number of hydrogen-bond donors (Lipinski definition) is 0. The Morgan fingerprint density at radius 3 is 2.50 bits per heavy atom. The van der Waals surface area contributed by atoms with Gasteiger partial charge in [-0.15, -0.1) is 0 Å². The van der Waals surface area contributed by atoms with Crippen molar-refractivity contribution in [3.05, 3.63) is 36.1 Å². The molecule has 1 aromatic heterocycles.